The summed E-state index contributed by atoms with van der Waals surface area (Å²) in [4.78, 5) is 31.5. The third kappa shape index (κ3) is 4.41. The molecular weight excluding hydrogens is 308 g/mol. The topological polar surface area (TPSA) is 78.6 Å². The fraction of sp³-hybridized carbons (Fsp3) is 0.556. The SMILES string of the molecule is CC(C)(C)OC(=O)[N+]1(OCc2ccccc2)CCCCC(N)C1=O. The number of benzene rings is 1. The van der Waals surface area contributed by atoms with Crippen LogP contribution < -0.4 is 5.73 Å². The van der Waals surface area contributed by atoms with Crippen molar-refractivity contribution in [2.24, 2.45) is 5.73 Å². The molecule has 1 aromatic rings. The number of hydrogen-bond acceptors (Lipinski definition) is 5. The largest absolute Gasteiger partial charge is 0.558 e. The minimum Gasteiger partial charge on any atom is -0.412 e. The number of hydroxylamine groups is 3. The van der Waals surface area contributed by atoms with E-state index in [9.17, 15) is 9.59 Å². The van der Waals surface area contributed by atoms with Gasteiger partial charge in [0.2, 0.25) is 0 Å². The van der Waals surface area contributed by atoms with Crippen LogP contribution in [-0.4, -0.2) is 34.8 Å². The van der Waals surface area contributed by atoms with Gasteiger partial charge in [-0.1, -0.05) is 30.3 Å². The van der Waals surface area contributed by atoms with E-state index in [1.165, 1.54) is 0 Å². The molecule has 2 unspecified atom stereocenters. The molecule has 1 saturated heterocycles. The Kier molecular flexibility index (Phi) is 5.74. The van der Waals surface area contributed by atoms with Crippen molar-refractivity contribution in [1.29, 1.82) is 0 Å². The van der Waals surface area contributed by atoms with Crippen molar-refractivity contribution in [3.05, 3.63) is 35.9 Å². The highest BCUT2D eigenvalue weighted by Crippen LogP contribution is 2.25. The van der Waals surface area contributed by atoms with Gasteiger partial charge in [-0.15, -0.1) is 0 Å². The lowest BCUT2D eigenvalue weighted by Crippen LogP contribution is -2.62. The van der Waals surface area contributed by atoms with Gasteiger partial charge in [-0.25, -0.2) is 4.79 Å². The van der Waals surface area contributed by atoms with Crippen LogP contribution in [0.2, 0.25) is 0 Å². The van der Waals surface area contributed by atoms with Gasteiger partial charge >= 0.3 is 12.0 Å². The van der Waals surface area contributed by atoms with E-state index in [2.05, 4.69) is 0 Å². The van der Waals surface area contributed by atoms with Crippen LogP contribution in [-0.2, 0) is 21.0 Å². The molecule has 6 heteroatoms. The number of hydrogen-bond donors (Lipinski definition) is 1. The Bertz CT molecular complexity index is 582. The van der Waals surface area contributed by atoms with Crippen LogP contribution in [0.3, 0.4) is 0 Å². The second-order valence-electron chi connectivity index (χ2n) is 7.14. The highest BCUT2D eigenvalue weighted by molar-refractivity contribution is 5.84. The molecule has 0 radical (unpaired) electrons. The van der Waals surface area contributed by atoms with Crippen molar-refractivity contribution in [2.75, 3.05) is 6.54 Å². The monoisotopic (exact) mass is 335 g/mol. The van der Waals surface area contributed by atoms with Crippen molar-refractivity contribution in [2.45, 2.75) is 58.3 Å². The maximum absolute atomic E-state index is 12.8. The number of ether oxygens (including phenoxy) is 1. The second kappa shape index (κ2) is 7.42. The number of imide groups is 1. The first-order valence-corrected chi connectivity index (χ1v) is 8.35. The molecule has 2 atom stereocenters. The zero-order valence-electron chi connectivity index (χ0n) is 14.7. The molecule has 1 aromatic carbocycles. The van der Waals surface area contributed by atoms with E-state index in [1.54, 1.807) is 20.8 Å². The van der Waals surface area contributed by atoms with Gasteiger partial charge in [0.15, 0.2) is 0 Å². The molecule has 1 aliphatic rings. The molecule has 2 N–H and O–H groups in total. The molecule has 1 aliphatic heterocycles. The second-order valence-corrected chi connectivity index (χ2v) is 7.14. The van der Waals surface area contributed by atoms with Crippen LogP contribution in [0.4, 0.5) is 4.79 Å². The van der Waals surface area contributed by atoms with Gasteiger partial charge in [0.05, 0.1) is 0 Å². The van der Waals surface area contributed by atoms with E-state index in [1.807, 2.05) is 30.3 Å². The molecule has 24 heavy (non-hydrogen) atoms. The maximum Gasteiger partial charge on any atom is 0.558 e. The first-order valence-electron chi connectivity index (χ1n) is 8.35. The summed E-state index contributed by atoms with van der Waals surface area (Å²) in [5.74, 6) is -0.433. The number of nitrogens with two attached hydrogens (primary N) is 1. The van der Waals surface area contributed by atoms with Crippen LogP contribution in [0.25, 0.3) is 0 Å². The quantitative estimate of drug-likeness (QED) is 0.859. The molecule has 0 bridgehead atoms. The molecular formula is C18H27N2O4+. The zero-order valence-corrected chi connectivity index (χ0v) is 14.7. The highest BCUT2D eigenvalue weighted by atomic mass is 16.8. The Morgan fingerprint density at radius 3 is 2.54 bits per heavy atom. The molecule has 1 heterocycles. The third-order valence-electron chi connectivity index (χ3n) is 3.89. The van der Waals surface area contributed by atoms with Crippen LogP contribution in [0.15, 0.2) is 30.3 Å². The summed E-state index contributed by atoms with van der Waals surface area (Å²) in [5, 5.41) is 0. The van der Waals surface area contributed by atoms with Gasteiger partial charge in [-0.05, 0) is 43.8 Å². The molecule has 2 rings (SSSR count). The van der Waals surface area contributed by atoms with Crippen LogP contribution >= 0.6 is 0 Å². The van der Waals surface area contributed by atoms with Crippen LogP contribution in [0, 0.1) is 0 Å². The summed E-state index contributed by atoms with van der Waals surface area (Å²) in [5.41, 5.74) is 6.14. The standard InChI is InChI=1S/C18H27N2O4/c1-18(2,3)24-17(22)20(12-8-7-11-15(19)16(20)21)23-13-14-9-5-4-6-10-14/h4-6,9-10,15H,7-8,11-13,19H2,1-3H3/q+1. The summed E-state index contributed by atoms with van der Waals surface area (Å²) in [6.45, 7) is 5.68. The van der Waals surface area contributed by atoms with E-state index in [0.29, 0.717) is 12.8 Å². The summed E-state index contributed by atoms with van der Waals surface area (Å²) < 4.78 is 4.68. The minimum atomic E-state index is -0.798. The Morgan fingerprint density at radius 2 is 1.92 bits per heavy atom. The Hall–Kier alpha value is -1.76. The average Bonchev–Trinajstić information content (AvgIpc) is 2.66. The Balaban J connectivity index is 2.29. The average molecular weight is 335 g/mol. The Labute approximate surface area is 143 Å². The molecule has 0 aliphatic carbocycles. The first-order chi connectivity index (χ1) is 11.2. The molecule has 1 fully saturated rings. The lowest BCUT2D eigenvalue weighted by Gasteiger charge is -2.31. The third-order valence-corrected chi connectivity index (χ3v) is 3.89. The van der Waals surface area contributed by atoms with Gasteiger partial charge in [-0.2, -0.15) is 9.63 Å². The molecule has 0 spiro atoms. The number of carbonyl (C=O) groups is 2. The molecule has 2 amide bonds. The maximum atomic E-state index is 12.8. The van der Waals surface area contributed by atoms with E-state index < -0.39 is 28.3 Å². The summed E-state index contributed by atoms with van der Waals surface area (Å²) >= 11 is 0. The number of likely N-dealkylation sites (tertiary alicyclic amines) is 1. The summed E-state index contributed by atoms with van der Waals surface area (Å²) in [7, 11) is 0. The van der Waals surface area contributed by atoms with E-state index >= 15 is 0 Å². The van der Waals surface area contributed by atoms with Crippen molar-refractivity contribution in [3.8, 4) is 0 Å². The smallest absolute Gasteiger partial charge is 0.412 e. The highest BCUT2D eigenvalue weighted by Gasteiger charge is 2.54. The van der Waals surface area contributed by atoms with Crippen molar-refractivity contribution >= 4 is 12.0 Å². The van der Waals surface area contributed by atoms with Crippen molar-refractivity contribution in [3.63, 3.8) is 0 Å². The first kappa shape index (κ1) is 18.6. The number of carbonyl (C=O) groups excluding carboxylic acids is 2. The number of amides is 2. The predicted octanol–water partition coefficient (Wildman–Crippen LogP) is 2.91. The zero-order chi connectivity index (χ0) is 17.8. The van der Waals surface area contributed by atoms with E-state index in [4.69, 9.17) is 15.3 Å². The summed E-state index contributed by atoms with van der Waals surface area (Å²) in [6, 6.07) is 8.70. The van der Waals surface area contributed by atoms with Crippen LogP contribution in [0.5, 0.6) is 0 Å². The van der Waals surface area contributed by atoms with Crippen LogP contribution in [0.1, 0.15) is 45.6 Å². The number of quaternary nitrogens is 1. The predicted molar refractivity (Wildman–Crippen MR) is 89.4 cm³/mol. The molecule has 0 aromatic heterocycles. The number of rotatable bonds is 3. The van der Waals surface area contributed by atoms with Gasteiger partial charge < -0.3 is 10.5 Å². The van der Waals surface area contributed by atoms with Gasteiger partial charge in [0, 0.05) is 6.42 Å². The fourth-order valence-corrected chi connectivity index (χ4v) is 2.66. The molecule has 132 valence electrons. The molecule has 0 saturated carbocycles. The van der Waals surface area contributed by atoms with Crippen molar-refractivity contribution in [1.82, 2.24) is 0 Å². The van der Waals surface area contributed by atoms with E-state index in [-0.39, 0.29) is 13.2 Å². The normalized spacial score (nSPS) is 25.2. The fourth-order valence-electron chi connectivity index (χ4n) is 2.66. The van der Waals surface area contributed by atoms with Crippen molar-refractivity contribution < 1.29 is 23.8 Å². The van der Waals surface area contributed by atoms with Gasteiger partial charge in [-0.3, -0.25) is 0 Å². The lowest BCUT2D eigenvalue weighted by molar-refractivity contribution is -0.988. The summed E-state index contributed by atoms with van der Waals surface area (Å²) in [6.07, 6.45) is 1.31. The number of nitrogens with zero attached hydrogens (tertiary/aromatic N) is 1. The Morgan fingerprint density at radius 1 is 1.25 bits per heavy atom. The lowest BCUT2D eigenvalue weighted by atomic mass is 10.1. The molecule has 6 nitrogen and oxygen atoms in total. The van der Waals surface area contributed by atoms with Gasteiger partial charge in [0.25, 0.3) is 0 Å². The van der Waals surface area contributed by atoms with Gasteiger partial charge in [0.1, 0.15) is 24.8 Å². The van der Waals surface area contributed by atoms with E-state index in [0.717, 1.165) is 12.0 Å². The minimum absolute atomic E-state index is 0.137.